The van der Waals surface area contributed by atoms with Gasteiger partial charge in [-0.1, -0.05) is 19.4 Å². The van der Waals surface area contributed by atoms with Crippen LogP contribution in [0.2, 0.25) is 0 Å². The highest BCUT2D eigenvalue weighted by Crippen LogP contribution is 2.29. The van der Waals surface area contributed by atoms with Crippen molar-refractivity contribution in [1.82, 2.24) is 0 Å². The molecule has 0 heterocycles. The zero-order chi connectivity index (χ0) is 8.43. The Bertz CT molecular complexity index is 168. The average molecular weight is 154 g/mol. The molecule has 0 spiro atoms. The van der Waals surface area contributed by atoms with E-state index in [1.807, 2.05) is 0 Å². The van der Waals surface area contributed by atoms with Gasteiger partial charge in [-0.15, -0.1) is 0 Å². The molecule has 1 aliphatic rings. The van der Waals surface area contributed by atoms with Gasteiger partial charge in [0.1, 0.15) is 0 Å². The Morgan fingerprint density at radius 3 is 2.45 bits per heavy atom. The van der Waals surface area contributed by atoms with Crippen LogP contribution in [-0.2, 0) is 0 Å². The minimum atomic E-state index is -0.149. The predicted octanol–water partition coefficient (Wildman–Crippen LogP) is 2.50. The van der Waals surface area contributed by atoms with Crippen LogP contribution in [0.4, 0.5) is 0 Å². The molecular formula is C10H18O. The molecule has 1 atom stereocenters. The quantitative estimate of drug-likeness (QED) is 0.575. The molecule has 0 bridgehead atoms. The molecule has 1 aliphatic carbocycles. The van der Waals surface area contributed by atoms with Crippen LogP contribution in [0, 0.1) is 5.92 Å². The third-order valence-electron chi connectivity index (χ3n) is 2.50. The summed E-state index contributed by atoms with van der Waals surface area (Å²) in [4.78, 5) is 0. The molecule has 11 heavy (non-hydrogen) atoms. The summed E-state index contributed by atoms with van der Waals surface area (Å²) >= 11 is 0. The fourth-order valence-corrected chi connectivity index (χ4v) is 2.02. The summed E-state index contributed by atoms with van der Waals surface area (Å²) in [6.07, 6.45) is 3.15. The minimum absolute atomic E-state index is 0.149. The Morgan fingerprint density at radius 2 is 2.09 bits per heavy atom. The van der Waals surface area contributed by atoms with E-state index in [1.54, 1.807) is 0 Å². The van der Waals surface area contributed by atoms with E-state index in [9.17, 15) is 5.11 Å². The zero-order valence-electron chi connectivity index (χ0n) is 7.72. The Balaban J connectivity index is 2.82. The first-order chi connectivity index (χ1) is 5.13. The van der Waals surface area contributed by atoms with E-state index >= 15 is 0 Å². The fraction of sp³-hybridized carbons (Fsp3) is 0.800. The van der Waals surface area contributed by atoms with Crippen molar-refractivity contribution in [1.29, 1.82) is 0 Å². The third kappa shape index (κ3) is 1.84. The standard InChI is InChI=1S/C10H18O/c1-7(2)10-8(3)5-4-6-9(10)11/h7,9,11H,4-6H2,1-3H3. The van der Waals surface area contributed by atoms with Gasteiger partial charge in [-0.05, 0) is 37.7 Å². The van der Waals surface area contributed by atoms with E-state index in [4.69, 9.17) is 0 Å². The van der Waals surface area contributed by atoms with Crippen molar-refractivity contribution in [3.05, 3.63) is 11.1 Å². The summed E-state index contributed by atoms with van der Waals surface area (Å²) < 4.78 is 0. The van der Waals surface area contributed by atoms with E-state index < -0.39 is 0 Å². The Morgan fingerprint density at radius 1 is 1.45 bits per heavy atom. The van der Waals surface area contributed by atoms with Crippen molar-refractivity contribution < 1.29 is 5.11 Å². The molecule has 0 aromatic heterocycles. The van der Waals surface area contributed by atoms with E-state index in [-0.39, 0.29) is 6.10 Å². The van der Waals surface area contributed by atoms with Crippen LogP contribution in [0.3, 0.4) is 0 Å². The van der Waals surface area contributed by atoms with Gasteiger partial charge in [0.15, 0.2) is 0 Å². The van der Waals surface area contributed by atoms with Crippen LogP contribution in [-0.4, -0.2) is 11.2 Å². The summed E-state index contributed by atoms with van der Waals surface area (Å²) in [6, 6.07) is 0. The number of aliphatic hydroxyl groups is 1. The van der Waals surface area contributed by atoms with Gasteiger partial charge in [-0.2, -0.15) is 0 Å². The van der Waals surface area contributed by atoms with Gasteiger partial charge in [-0.25, -0.2) is 0 Å². The van der Waals surface area contributed by atoms with Crippen LogP contribution < -0.4 is 0 Å². The molecule has 0 amide bonds. The summed E-state index contributed by atoms with van der Waals surface area (Å²) in [7, 11) is 0. The first-order valence-corrected chi connectivity index (χ1v) is 4.50. The van der Waals surface area contributed by atoms with E-state index in [2.05, 4.69) is 20.8 Å². The third-order valence-corrected chi connectivity index (χ3v) is 2.50. The maximum absolute atomic E-state index is 9.65. The lowest BCUT2D eigenvalue weighted by Crippen LogP contribution is -2.20. The molecule has 64 valence electrons. The predicted molar refractivity (Wildman–Crippen MR) is 47.4 cm³/mol. The van der Waals surface area contributed by atoms with Crippen molar-refractivity contribution >= 4 is 0 Å². The fourth-order valence-electron chi connectivity index (χ4n) is 2.02. The van der Waals surface area contributed by atoms with Crippen molar-refractivity contribution in [3.8, 4) is 0 Å². The van der Waals surface area contributed by atoms with Gasteiger partial charge in [0.25, 0.3) is 0 Å². The maximum Gasteiger partial charge on any atom is 0.0755 e. The van der Waals surface area contributed by atoms with Crippen LogP contribution in [0.15, 0.2) is 11.1 Å². The van der Waals surface area contributed by atoms with Crippen LogP contribution >= 0.6 is 0 Å². The molecule has 0 aromatic rings. The molecule has 0 fully saturated rings. The molecule has 1 heteroatoms. The second kappa shape index (κ2) is 3.40. The van der Waals surface area contributed by atoms with Gasteiger partial charge in [0.05, 0.1) is 6.10 Å². The Hall–Kier alpha value is -0.300. The molecule has 0 saturated heterocycles. The van der Waals surface area contributed by atoms with Gasteiger partial charge in [0, 0.05) is 0 Å². The lowest BCUT2D eigenvalue weighted by atomic mass is 9.84. The zero-order valence-corrected chi connectivity index (χ0v) is 7.72. The molecule has 0 saturated carbocycles. The Labute approximate surface area is 69.1 Å². The second-order valence-electron chi connectivity index (χ2n) is 3.80. The monoisotopic (exact) mass is 154 g/mol. The van der Waals surface area contributed by atoms with Gasteiger partial charge < -0.3 is 5.11 Å². The van der Waals surface area contributed by atoms with Crippen LogP contribution in [0.1, 0.15) is 40.0 Å². The number of rotatable bonds is 1. The summed E-state index contributed by atoms with van der Waals surface area (Å²) in [5.74, 6) is 0.519. The lowest BCUT2D eigenvalue weighted by molar-refractivity contribution is 0.177. The molecule has 1 rings (SSSR count). The highest BCUT2D eigenvalue weighted by atomic mass is 16.3. The van der Waals surface area contributed by atoms with Crippen molar-refractivity contribution in [2.45, 2.75) is 46.1 Å². The summed E-state index contributed by atoms with van der Waals surface area (Å²) in [6.45, 7) is 6.47. The normalized spacial score (nSPS) is 26.5. The second-order valence-corrected chi connectivity index (χ2v) is 3.80. The number of hydrogen-bond donors (Lipinski definition) is 1. The van der Waals surface area contributed by atoms with Crippen molar-refractivity contribution in [2.75, 3.05) is 0 Å². The molecule has 1 unspecified atom stereocenters. The van der Waals surface area contributed by atoms with Gasteiger partial charge in [0.2, 0.25) is 0 Å². The van der Waals surface area contributed by atoms with Gasteiger partial charge >= 0.3 is 0 Å². The molecule has 0 aromatic carbocycles. The van der Waals surface area contributed by atoms with Crippen LogP contribution in [0.5, 0.6) is 0 Å². The van der Waals surface area contributed by atoms with E-state index in [0.717, 1.165) is 12.8 Å². The van der Waals surface area contributed by atoms with Crippen LogP contribution in [0.25, 0.3) is 0 Å². The number of aliphatic hydroxyl groups excluding tert-OH is 1. The largest absolute Gasteiger partial charge is 0.389 e. The smallest absolute Gasteiger partial charge is 0.0755 e. The maximum atomic E-state index is 9.65. The van der Waals surface area contributed by atoms with Gasteiger partial charge in [-0.3, -0.25) is 0 Å². The molecule has 0 radical (unpaired) electrons. The molecule has 0 aliphatic heterocycles. The SMILES string of the molecule is CC1=C(C(C)C)C(O)CCC1. The molecule has 1 N–H and O–H groups in total. The highest BCUT2D eigenvalue weighted by molar-refractivity contribution is 5.20. The number of hydrogen-bond acceptors (Lipinski definition) is 1. The molecular weight excluding hydrogens is 136 g/mol. The first-order valence-electron chi connectivity index (χ1n) is 4.50. The Kier molecular flexibility index (Phi) is 2.72. The lowest BCUT2D eigenvalue weighted by Gasteiger charge is -2.26. The van der Waals surface area contributed by atoms with E-state index in [1.165, 1.54) is 17.6 Å². The summed E-state index contributed by atoms with van der Waals surface area (Å²) in [5.41, 5.74) is 2.70. The van der Waals surface area contributed by atoms with Crippen molar-refractivity contribution in [2.24, 2.45) is 5.92 Å². The van der Waals surface area contributed by atoms with Crippen molar-refractivity contribution in [3.63, 3.8) is 0 Å². The number of allylic oxidation sites excluding steroid dienone is 1. The minimum Gasteiger partial charge on any atom is -0.389 e. The average Bonchev–Trinajstić information content (AvgIpc) is 1.85. The topological polar surface area (TPSA) is 20.2 Å². The summed E-state index contributed by atoms with van der Waals surface area (Å²) in [5, 5.41) is 9.65. The first kappa shape index (κ1) is 8.79. The highest BCUT2D eigenvalue weighted by Gasteiger charge is 2.20. The molecule has 1 nitrogen and oxygen atoms in total. The van der Waals surface area contributed by atoms with E-state index in [0.29, 0.717) is 5.92 Å².